The second kappa shape index (κ2) is 6.80. The summed E-state index contributed by atoms with van der Waals surface area (Å²) in [6.07, 6.45) is 0.619. The summed E-state index contributed by atoms with van der Waals surface area (Å²) in [7, 11) is 0. The Bertz CT molecular complexity index is 744. The van der Waals surface area contributed by atoms with Crippen molar-refractivity contribution >= 4 is 23.2 Å². The second-order valence-electron chi connectivity index (χ2n) is 5.62. The zero-order valence-corrected chi connectivity index (χ0v) is 12.9. The number of aliphatic hydroxyl groups is 1. The van der Waals surface area contributed by atoms with E-state index in [0.717, 1.165) is 16.2 Å². The third-order valence-corrected chi connectivity index (χ3v) is 3.93. The van der Waals surface area contributed by atoms with Crippen LogP contribution in [0, 0.1) is 5.82 Å². The molecule has 2 amide bonds. The normalized spacial score (nSPS) is 17.4. The zero-order valence-electron chi connectivity index (χ0n) is 12.9. The molecular weight excluding hydrogens is 311 g/mol. The van der Waals surface area contributed by atoms with Gasteiger partial charge in [-0.05, 0) is 48.4 Å². The summed E-state index contributed by atoms with van der Waals surface area (Å²) in [5, 5.41) is 12.0. The lowest BCUT2D eigenvalue weighted by Gasteiger charge is -2.16. The molecule has 1 saturated heterocycles. The van der Waals surface area contributed by atoms with E-state index in [1.807, 2.05) is 24.3 Å². The van der Waals surface area contributed by atoms with Crippen LogP contribution in [0.25, 0.3) is 0 Å². The van der Waals surface area contributed by atoms with Gasteiger partial charge in [-0.1, -0.05) is 12.1 Å². The second-order valence-corrected chi connectivity index (χ2v) is 5.62. The molecule has 6 heteroatoms. The molecule has 0 aromatic heterocycles. The Morgan fingerprint density at radius 2 is 1.75 bits per heavy atom. The number of hydrogen-bond donors (Lipinski definition) is 2. The fourth-order valence-corrected chi connectivity index (χ4v) is 2.70. The van der Waals surface area contributed by atoms with Gasteiger partial charge in [-0.3, -0.25) is 9.59 Å². The van der Waals surface area contributed by atoms with E-state index in [1.54, 1.807) is 0 Å². The van der Waals surface area contributed by atoms with Crippen molar-refractivity contribution in [3.63, 3.8) is 0 Å². The minimum absolute atomic E-state index is 0.0502. The van der Waals surface area contributed by atoms with E-state index >= 15 is 0 Å². The molecule has 3 rings (SSSR count). The molecule has 0 bridgehead atoms. The first-order valence-corrected chi connectivity index (χ1v) is 7.67. The quantitative estimate of drug-likeness (QED) is 0.825. The fourth-order valence-electron chi connectivity index (χ4n) is 2.70. The van der Waals surface area contributed by atoms with Crippen molar-refractivity contribution < 1.29 is 19.1 Å². The third kappa shape index (κ3) is 3.28. The molecule has 2 aromatic rings. The lowest BCUT2D eigenvalue weighted by molar-refractivity contribution is -0.121. The largest absolute Gasteiger partial charge is 0.396 e. The van der Waals surface area contributed by atoms with Crippen molar-refractivity contribution in [2.75, 3.05) is 16.8 Å². The molecule has 0 aliphatic carbocycles. The van der Waals surface area contributed by atoms with Gasteiger partial charge in [-0.2, -0.15) is 0 Å². The van der Waals surface area contributed by atoms with Crippen LogP contribution < -0.4 is 10.2 Å². The van der Waals surface area contributed by atoms with Crippen LogP contribution in [-0.4, -0.2) is 29.6 Å². The summed E-state index contributed by atoms with van der Waals surface area (Å²) in [4.78, 5) is 25.7. The summed E-state index contributed by atoms with van der Waals surface area (Å²) in [5.74, 6) is -1.09. The topological polar surface area (TPSA) is 69.6 Å². The lowest BCUT2D eigenvalue weighted by Crippen LogP contribution is -2.34. The number of nitrogens with one attached hydrogen (secondary N) is 1. The van der Waals surface area contributed by atoms with E-state index < -0.39 is 11.9 Å². The van der Waals surface area contributed by atoms with Crippen LogP contribution in [-0.2, 0) is 16.0 Å². The Morgan fingerprint density at radius 3 is 2.38 bits per heavy atom. The Kier molecular flexibility index (Phi) is 4.57. The Morgan fingerprint density at radius 1 is 1.08 bits per heavy atom. The number of nitrogens with zero attached hydrogens (tertiary/aromatic N) is 1. The van der Waals surface area contributed by atoms with Gasteiger partial charge in [0.2, 0.25) is 5.91 Å². The molecule has 5 nitrogen and oxygen atoms in total. The zero-order chi connectivity index (χ0) is 17.1. The first kappa shape index (κ1) is 16.1. The number of anilines is 2. The molecule has 124 valence electrons. The Hall–Kier alpha value is -2.73. The monoisotopic (exact) mass is 328 g/mol. The average Bonchev–Trinajstić information content (AvgIpc) is 2.85. The summed E-state index contributed by atoms with van der Waals surface area (Å²) >= 11 is 0. The molecule has 1 aliphatic rings. The van der Waals surface area contributed by atoms with Crippen LogP contribution in [0.2, 0.25) is 0 Å². The molecule has 0 spiro atoms. The molecule has 2 aromatic carbocycles. The molecule has 2 N–H and O–H groups in total. The van der Waals surface area contributed by atoms with Crippen LogP contribution in [0.1, 0.15) is 12.0 Å². The smallest absolute Gasteiger partial charge is 0.256 e. The summed E-state index contributed by atoms with van der Waals surface area (Å²) < 4.78 is 13.0. The standard InChI is InChI=1S/C18H17FN2O3/c19-13-3-7-15(8-4-13)21-17(23)11-16(18(21)24)20-14-5-1-12(2-6-14)9-10-22/h1-8,16,20,22H,9-11H2. The Labute approximate surface area is 138 Å². The van der Waals surface area contributed by atoms with Crippen LogP contribution >= 0.6 is 0 Å². The summed E-state index contributed by atoms with van der Waals surface area (Å²) in [5.41, 5.74) is 2.09. The van der Waals surface area contributed by atoms with Crippen molar-refractivity contribution in [2.24, 2.45) is 0 Å². The van der Waals surface area contributed by atoms with E-state index in [-0.39, 0.29) is 24.8 Å². The van der Waals surface area contributed by atoms with Crippen LogP contribution in [0.5, 0.6) is 0 Å². The van der Waals surface area contributed by atoms with Gasteiger partial charge in [0.1, 0.15) is 11.9 Å². The third-order valence-electron chi connectivity index (χ3n) is 3.93. The van der Waals surface area contributed by atoms with E-state index in [1.165, 1.54) is 24.3 Å². The molecule has 0 saturated carbocycles. The van der Waals surface area contributed by atoms with Crippen LogP contribution in [0.15, 0.2) is 48.5 Å². The van der Waals surface area contributed by atoms with Gasteiger partial charge < -0.3 is 10.4 Å². The number of imide groups is 1. The van der Waals surface area contributed by atoms with E-state index in [9.17, 15) is 14.0 Å². The number of carbonyl (C=O) groups excluding carboxylic acids is 2. The van der Waals surface area contributed by atoms with Crippen molar-refractivity contribution in [1.82, 2.24) is 0 Å². The molecule has 0 radical (unpaired) electrons. The number of carbonyl (C=O) groups is 2. The predicted molar refractivity (Wildman–Crippen MR) is 88.2 cm³/mol. The first-order chi connectivity index (χ1) is 11.6. The molecule has 24 heavy (non-hydrogen) atoms. The minimum Gasteiger partial charge on any atom is -0.396 e. The Balaban J connectivity index is 1.72. The number of hydrogen-bond acceptors (Lipinski definition) is 4. The number of aliphatic hydroxyl groups excluding tert-OH is 1. The maximum Gasteiger partial charge on any atom is 0.256 e. The van der Waals surface area contributed by atoms with Crippen molar-refractivity contribution in [1.29, 1.82) is 0 Å². The fraction of sp³-hybridized carbons (Fsp3) is 0.222. The molecule has 1 unspecified atom stereocenters. The van der Waals surface area contributed by atoms with E-state index in [2.05, 4.69) is 5.32 Å². The highest BCUT2D eigenvalue weighted by Crippen LogP contribution is 2.25. The molecule has 1 atom stereocenters. The molecule has 1 fully saturated rings. The van der Waals surface area contributed by atoms with Gasteiger partial charge in [0, 0.05) is 12.3 Å². The van der Waals surface area contributed by atoms with Gasteiger partial charge in [0.05, 0.1) is 12.1 Å². The number of amides is 2. The van der Waals surface area contributed by atoms with Crippen LogP contribution in [0.4, 0.5) is 15.8 Å². The van der Waals surface area contributed by atoms with Crippen molar-refractivity contribution in [3.8, 4) is 0 Å². The maximum absolute atomic E-state index is 13.0. The highest BCUT2D eigenvalue weighted by Gasteiger charge is 2.39. The van der Waals surface area contributed by atoms with Gasteiger partial charge in [0.15, 0.2) is 0 Å². The number of benzene rings is 2. The molecule has 1 heterocycles. The van der Waals surface area contributed by atoms with Gasteiger partial charge in [-0.25, -0.2) is 9.29 Å². The highest BCUT2D eigenvalue weighted by molar-refractivity contribution is 6.23. The molecular formula is C18H17FN2O3. The maximum atomic E-state index is 13.0. The average molecular weight is 328 g/mol. The summed E-state index contributed by atoms with van der Waals surface area (Å²) in [6, 6.07) is 12.0. The van der Waals surface area contributed by atoms with Crippen molar-refractivity contribution in [2.45, 2.75) is 18.9 Å². The predicted octanol–water partition coefficient (Wildman–Crippen LogP) is 2.10. The summed E-state index contributed by atoms with van der Waals surface area (Å²) in [6.45, 7) is 0.0784. The van der Waals surface area contributed by atoms with Crippen molar-refractivity contribution in [3.05, 3.63) is 59.9 Å². The van der Waals surface area contributed by atoms with E-state index in [0.29, 0.717) is 12.1 Å². The van der Waals surface area contributed by atoms with Gasteiger partial charge in [0.25, 0.3) is 5.91 Å². The number of halogens is 1. The van der Waals surface area contributed by atoms with E-state index in [4.69, 9.17) is 5.11 Å². The van der Waals surface area contributed by atoms with Gasteiger partial charge in [-0.15, -0.1) is 0 Å². The first-order valence-electron chi connectivity index (χ1n) is 7.67. The SMILES string of the molecule is O=C1CC(Nc2ccc(CCO)cc2)C(=O)N1c1ccc(F)cc1. The lowest BCUT2D eigenvalue weighted by atomic mass is 10.1. The van der Waals surface area contributed by atoms with Crippen LogP contribution in [0.3, 0.4) is 0 Å². The highest BCUT2D eigenvalue weighted by atomic mass is 19.1. The van der Waals surface area contributed by atoms with Gasteiger partial charge >= 0.3 is 0 Å². The minimum atomic E-state index is -0.647. The number of rotatable bonds is 5. The molecule has 1 aliphatic heterocycles.